The highest BCUT2D eigenvalue weighted by molar-refractivity contribution is 5.99. The monoisotopic (exact) mass is 293 g/mol. The molecule has 0 radical (unpaired) electrons. The zero-order valence-corrected chi connectivity index (χ0v) is 12.1. The molecule has 114 valence electrons. The van der Waals surface area contributed by atoms with E-state index in [1.807, 2.05) is 19.1 Å². The molecule has 2 N–H and O–H groups in total. The summed E-state index contributed by atoms with van der Waals surface area (Å²) >= 11 is 0. The average molecular weight is 293 g/mol. The lowest BCUT2D eigenvalue weighted by atomic mass is 10.2. The maximum absolute atomic E-state index is 12.0. The first kappa shape index (κ1) is 15.3. The van der Waals surface area contributed by atoms with E-state index in [2.05, 4.69) is 5.32 Å². The topological polar surface area (TPSA) is 84.9 Å². The molecule has 0 aromatic heterocycles. The van der Waals surface area contributed by atoms with Crippen molar-refractivity contribution in [3.05, 3.63) is 23.8 Å². The lowest BCUT2D eigenvalue weighted by molar-refractivity contribution is -0.139. The largest absolute Gasteiger partial charge is 0.489 e. The number of anilines is 1. The van der Waals surface area contributed by atoms with Gasteiger partial charge < -0.3 is 19.9 Å². The number of methoxy groups -OCH3 is 1. The summed E-state index contributed by atoms with van der Waals surface area (Å²) in [5.74, 6) is -1.64. The minimum atomic E-state index is -0.921. The van der Waals surface area contributed by atoms with Crippen LogP contribution < -0.4 is 10.1 Å². The van der Waals surface area contributed by atoms with Crippen LogP contribution in [-0.2, 0) is 14.3 Å². The van der Waals surface area contributed by atoms with Crippen molar-refractivity contribution in [3.63, 3.8) is 0 Å². The van der Waals surface area contributed by atoms with Gasteiger partial charge in [0.05, 0.1) is 24.1 Å². The number of carboxylic acid groups (broad SMARTS) is 1. The highest BCUT2D eigenvalue weighted by Gasteiger charge is 2.48. The molecule has 0 saturated heterocycles. The first-order valence-electron chi connectivity index (χ1n) is 6.79. The van der Waals surface area contributed by atoms with Crippen LogP contribution in [-0.4, -0.2) is 37.3 Å². The maximum Gasteiger partial charge on any atom is 0.307 e. The third kappa shape index (κ3) is 3.95. The van der Waals surface area contributed by atoms with E-state index in [9.17, 15) is 9.59 Å². The number of amides is 1. The van der Waals surface area contributed by atoms with Gasteiger partial charge in [-0.2, -0.15) is 0 Å². The zero-order valence-electron chi connectivity index (χ0n) is 12.1. The second-order valence-electron chi connectivity index (χ2n) is 5.12. The Bertz CT molecular complexity index is 543. The van der Waals surface area contributed by atoms with Crippen LogP contribution in [0, 0.1) is 18.8 Å². The third-order valence-electron chi connectivity index (χ3n) is 3.38. The molecule has 0 bridgehead atoms. The van der Waals surface area contributed by atoms with Gasteiger partial charge in [0.15, 0.2) is 0 Å². The van der Waals surface area contributed by atoms with Crippen LogP contribution >= 0.6 is 0 Å². The number of aryl methyl sites for hydroxylation is 1. The highest BCUT2D eigenvalue weighted by Crippen LogP contribution is 2.40. The predicted octanol–water partition coefficient (Wildman–Crippen LogP) is 1.68. The lowest BCUT2D eigenvalue weighted by Crippen LogP contribution is -2.17. The SMILES string of the molecule is COCCOc1cc(C)ccc1NC(=O)[C@@H]1C[C@@H]1C(=O)O. The smallest absolute Gasteiger partial charge is 0.307 e. The summed E-state index contributed by atoms with van der Waals surface area (Å²) in [6, 6.07) is 5.45. The Morgan fingerprint density at radius 2 is 2.10 bits per heavy atom. The molecule has 6 heteroatoms. The van der Waals surface area contributed by atoms with Gasteiger partial charge in [-0.25, -0.2) is 0 Å². The van der Waals surface area contributed by atoms with Gasteiger partial charge in [0, 0.05) is 7.11 Å². The van der Waals surface area contributed by atoms with Crippen molar-refractivity contribution in [3.8, 4) is 5.75 Å². The summed E-state index contributed by atoms with van der Waals surface area (Å²) in [5, 5.41) is 11.6. The number of carbonyl (C=O) groups is 2. The quantitative estimate of drug-likeness (QED) is 0.747. The Labute approximate surface area is 123 Å². The fraction of sp³-hybridized carbons (Fsp3) is 0.467. The van der Waals surface area contributed by atoms with E-state index in [1.54, 1.807) is 13.2 Å². The number of hydrogen-bond acceptors (Lipinski definition) is 4. The van der Waals surface area contributed by atoms with Gasteiger partial charge in [0.1, 0.15) is 12.4 Å². The zero-order chi connectivity index (χ0) is 15.4. The number of nitrogens with one attached hydrogen (secondary N) is 1. The average Bonchev–Trinajstić information content (AvgIpc) is 3.22. The minimum Gasteiger partial charge on any atom is -0.489 e. The predicted molar refractivity (Wildman–Crippen MR) is 76.4 cm³/mol. The number of ether oxygens (including phenoxy) is 2. The molecule has 0 heterocycles. The van der Waals surface area contributed by atoms with Crippen LogP contribution in [0.1, 0.15) is 12.0 Å². The molecule has 2 rings (SSSR count). The molecular formula is C15H19NO5. The molecule has 0 unspecified atom stereocenters. The lowest BCUT2D eigenvalue weighted by Gasteiger charge is -2.13. The van der Waals surface area contributed by atoms with E-state index < -0.39 is 17.8 Å². The fourth-order valence-electron chi connectivity index (χ4n) is 2.07. The van der Waals surface area contributed by atoms with Crippen LogP contribution in [0.4, 0.5) is 5.69 Å². The highest BCUT2D eigenvalue weighted by atomic mass is 16.5. The number of rotatable bonds is 7. The van der Waals surface area contributed by atoms with Gasteiger partial charge in [0.25, 0.3) is 0 Å². The van der Waals surface area contributed by atoms with Crippen LogP contribution in [0.15, 0.2) is 18.2 Å². The first-order valence-corrected chi connectivity index (χ1v) is 6.79. The minimum absolute atomic E-state index is 0.275. The van der Waals surface area contributed by atoms with Crippen molar-refractivity contribution < 1.29 is 24.2 Å². The molecule has 1 saturated carbocycles. The van der Waals surface area contributed by atoms with Gasteiger partial charge in [-0.1, -0.05) is 6.07 Å². The second-order valence-corrected chi connectivity index (χ2v) is 5.12. The van der Waals surface area contributed by atoms with Gasteiger partial charge in [-0.3, -0.25) is 9.59 Å². The second kappa shape index (κ2) is 6.58. The molecule has 1 aliphatic carbocycles. The van der Waals surface area contributed by atoms with Gasteiger partial charge in [0.2, 0.25) is 5.91 Å². The Morgan fingerprint density at radius 3 is 2.71 bits per heavy atom. The van der Waals surface area contributed by atoms with E-state index in [4.69, 9.17) is 14.6 Å². The van der Waals surface area contributed by atoms with E-state index in [0.29, 0.717) is 31.1 Å². The molecule has 1 fully saturated rings. The van der Waals surface area contributed by atoms with E-state index in [1.165, 1.54) is 0 Å². The Balaban J connectivity index is 2.02. The van der Waals surface area contributed by atoms with E-state index in [-0.39, 0.29) is 5.91 Å². The molecule has 1 amide bonds. The summed E-state index contributed by atoms with van der Waals surface area (Å²) in [6.07, 6.45) is 0.396. The van der Waals surface area contributed by atoms with Crippen LogP contribution in [0.5, 0.6) is 5.75 Å². The van der Waals surface area contributed by atoms with E-state index >= 15 is 0 Å². The van der Waals surface area contributed by atoms with Gasteiger partial charge >= 0.3 is 5.97 Å². The summed E-state index contributed by atoms with van der Waals surface area (Å²) < 4.78 is 10.5. The van der Waals surface area contributed by atoms with Crippen molar-refractivity contribution in [2.24, 2.45) is 11.8 Å². The number of carbonyl (C=O) groups excluding carboxylic acids is 1. The fourth-order valence-corrected chi connectivity index (χ4v) is 2.07. The standard InChI is InChI=1S/C15H19NO5/c1-9-3-4-12(13(7-9)21-6-5-20-2)16-14(17)10-8-11(10)15(18)19/h3-4,7,10-11H,5-6,8H2,1-2H3,(H,16,17)(H,18,19)/t10-,11+/m1/s1. The van der Waals surface area contributed by atoms with Crippen LogP contribution in [0.2, 0.25) is 0 Å². The summed E-state index contributed by atoms with van der Waals surface area (Å²) in [4.78, 5) is 22.8. The van der Waals surface area contributed by atoms with Gasteiger partial charge in [-0.05, 0) is 31.0 Å². The van der Waals surface area contributed by atoms with Crippen molar-refractivity contribution >= 4 is 17.6 Å². The van der Waals surface area contributed by atoms with Crippen LogP contribution in [0.25, 0.3) is 0 Å². The summed E-state index contributed by atoms with van der Waals surface area (Å²) in [6.45, 7) is 2.76. The molecule has 21 heavy (non-hydrogen) atoms. The molecular weight excluding hydrogens is 274 g/mol. The normalized spacial score (nSPS) is 19.9. The molecule has 2 atom stereocenters. The molecule has 0 spiro atoms. The molecule has 1 aromatic rings. The van der Waals surface area contributed by atoms with Crippen LogP contribution in [0.3, 0.4) is 0 Å². The van der Waals surface area contributed by atoms with Crippen molar-refractivity contribution in [2.45, 2.75) is 13.3 Å². The third-order valence-corrected chi connectivity index (χ3v) is 3.38. The summed E-state index contributed by atoms with van der Waals surface area (Å²) in [5.41, 5.74) is 1.56. The van der Waals surface area contributed by atoms with Crippen molar-refractivity contribution in [1.82, 2.24) is 0 Å². The molecule has 6 nitrogen and oxygen atoms in total. The van der Waals surface area contributed by atoms with Crippen molar-refractivity contribution in [2.75, 3.05) is 25.6 Å². The van der Waals surface area contributed by atoms with Gasteiger partial charge in [-0.15, -0.1) is 0 Å². The Hall–Kier alpha value is -2.08. The number of hydrogen-bond donors (Lipinski definition) is 2. The Morgan fingerprint density at radius 1 is 1.33 bits per heavy atom. The number of benzene rings is 1. The Kier molecular flexibility index (Phi) is 4.80. The molecule has 1 aliphatic rings. The van der Waals surface area contributed by atoms with Crippen molar-refractivity contribution in [1.29, 1.82) is 0 Å². The number of aliphatic carboxylic acids is 1. The van der Waals surface area contributed by atoms with E-state index in [0.717, 1.165) is 5.56 Å². The molecule has 0 aliphatic heterocycles. The maximum atomic E-state index is 12.0. The molecule has 1 aromatic carbocycles. The summed E-state index contributed by atoms with van der Waals surface area (Å²) in [7, 11) is 1.58. The first-order chi connectivity index (χ1) is 10.0. The number of carboxylic acids is 1.